The molecule has 0 spiro atoms. The molecule has 0 aromatic rings. The molecule has 0 heterocycles. The molecule has 2 heteroatoms. The van der Waals surface area contributed by atoms with Gasteiger partial charge in [-0.3, -0.25) is 0 Å². The molecule has 9 atom stereocenters. The summed E-state index contributed by atoms with van der Waals surface area (Å²) in [5, 5.41) is 11.3. The van der Waals surface area contributed by atoms with Crippen LogP contribution in [-0.4, -0.2) is 16.1 Å². The molecule has 2 unspecified atom stereocenters. The van der Waals surface area contributed by atoms with Crippen molar-refractivity contribution >= 4 is 11.6 Å². The summed E-state index contributed by atoms with van der Waals surface area (Å²) < 4.78 is 0. The van der Waals surface area contributed by atoms with Gasteiger partial charge in [-0.25, -0.2) is 0 Å². The maximum absolute atomic E-state index is 11.3. The molecule has 4 rings (SSSR count). The van der Waals surface area contributed by atoms with Gasteiger partial charge in [0.05, 0.1) is 11.0 Å². The third-order valence-corrected chi connectivity index (χ3v) is 11.6. The summed E-state index contributed by atoms with van der Waals surface area (Å²) in [5.74, 6) is 4.25. The van der Waals surface area contributed by atoms with Gasteiger partial charge < -0.3 is 5.11 Å². The van der Waals surface area contributed by atoms with Gasteiger partial charge in [0.15, 0.2) is 0 Å². The van der Waals surface area contributed by atoms with E-state index in [0.717, 1.165) is 24.2 Å². The van der Waals surface area contributed by atoms with Crippen molar-refractivity contribution in [1.29, 1.82) is 0 Å². The Bertz CT molecular complexity index is 589. The van der Waals surface area contributed by atoms with Gasteiger partial charge in [-0.1, -0.05) is 66.7 Å². The molecule has 0 amide bonds. The van der Waals surface area contributed by atoms with E-state index in [9.17, 15) is 5.11 Å². The third kappa shape index (κ3) is 3.53. The molecule has 4 fully saturated rings. The van der Waals surface area contributed by atoms with E-state index >= 15 is 0 Å². The van der Waals surface area contributed by atoms with Crippen LogP contribution in [-0.2, 0) is 0 Å². The Morgan fingerprint density at radius 2 is 1.66 bits per heavy atom. The number of aliphatic hydroxyl groups is 1. The van der Waals surface area contributed by atoms with Crippen molar-refractivity contribution in [2.24, 2.45) is 46.3 Å². The van der Waals surface area contributed by atoms with E-state index in [-0.39, 0.29) is 11.0 Å². The maximum Gasteiger partial charge on any atom is 0.0579 e. The summed E-state index contributed by atoms with van der Waals surface area (Å²) in [6.45, 7) is 12.2. The minimum atomic E-state index is -0.0837. The lowest BCUT2D eigenvalue weighted by Crippen LogP contribution is -2.59. The van der Waals surface area contributed by atoms with Crippen LogP contribution < -0.4 is 0 Å². The lowest BCUT2D eigenvalue weighted by molar-refractivity contribution is -0.106. The predicted octanol–water partition coefficient (Wildman–Crippen LogP) is 7.83. The van der Waals surface area contributed by atoms with Crippen LogP contribution in [0.5, 0.6) is 0 Å². The second-order valence-corrected chi connectivity index (χ2v) is 13.4. The van der Waals surface area contributed by atoms with Gasteiger partial charge in [0.2, 0.25) is 0 Å². The van der Waals surface area contributed by atoms with Crippen molar-refractivity contribution in [2.75, 3.05) is 0 Å². The largest absolute Gasteiger partial charge is 0.393 e. The van der Waals surface area contributed by atoms with Gasteiger partial charge in [-0.15, -0.1) is 11.6 Å². The first kappa shape index (κ1) is 22.4. The number of fused-ring (bicyclic) bond motifs is 5. The highest BCUT2D eigenvalue weighted by atomic mass is 35.5. The van der Waals surface area contributed by atoms with Crippen molar-refractivity contribution in [3.8, 4) is 0 Å². The zero-order valence-corrected chi connectivity index (χ0v) is 20.6. The fourth-order valence-corrected chi connectivity index (χ4v) is 9.80. The zero-order valence-electron chi connectivity index (χ0n) is 19.9. The molecule has 1 nitrogen and oxygen atoms in total. The smallest absolute Gasteiger partial charge is 0.0579 e. The Balaban J connectivity index is 1.53. The summed E-state index contributed by atoms with van der Waals surface area (Å²) >= 11 is 7.36. The van der Waals surface area contributed by atoms with Crippen molar-refractivity contribution in [3.05, 3.63) is 0 Å². The van der Waals surface area contributed by atoms with Crippen molar-refractivity contribution in [2.45, 2.75) is 123 Å². The molecule has 168 valence electrons. The van der Waals surface area contributed by atoms with Crippen LogP contribution in [0.15, 0.2) is 0 Å². The Morgan fingerprint density at radius 3 is 2.38 bits per heavy atom. The topological polar surface area (TPSA) is 20.2 Å². The second-order valence-electron chi connectivity index (χ2n) is 12.7. The van der Waals surface area contributed by atoms with Gasteiger partial charge in [-0.05, 0) is 91.3 Å². The van der Waals surface area contributed by atoms with E-state index < -0.39 is 0 Å². The summed E-state index contributed by atoms with van der Waals surface area (Å²) in [7, 11) is 0. The lowest BCUT2D eigenvalue weighted by Gasteiger charge is -2.63. The molecule has 0 bridgehead atoms. The highest BCUT2D eigenvalue weighted by molar-refractivity contribution is 6.24. The number of halogens is 1. The monoisotopic (exact) mass is 422 g/mol. The molecule has 0 aromatic carbocycles. The SMILES string of the molecule is CC(C)CCC[C@@H](C)[C@H]1C(O)C[C@H]2[C@@H]3CCC4(Cl)CCCC[C@]4(C)[C@H]3CC[C@]12C. The van der Waals surface area contributed by atoms with Crippen LogP contribution >= 0.6 is 11.6 Å². The first-order valence-corrected chi connectivity index (χ1v) is 13.4. The zero-order chi connectivity index (χ0) is 21.0. The standard InChI is InChI=1S/C27H47ClO/c1-18(2)9-8-10-19(3)24-23(29)17-22-20-11-16-27(28)14-7-6-13-26(27,5)21(20)12-15-25(22,24)4/h18-24,29H,6-17H2,1-5H3/t19-,20-,21+,22+,23?,24+,25+,26-,27?/m1/s1. The third-order valence-electron chi connectivity index (χ3n) is 10.8. The maximum atomic E-state index is 11.3. The summed E-state index contributed by atoms with van der Waals surface area (Å²) in [6, 6.07) is 0. The Kier molecular flexibility index (Phi) is 6.18. The molecular weight excluding hydrogens is 376 g/mol. The average Bonchev–Trinajstić information content (AvgIpc) is 2.92. The molecular formula is C27H47ClO. The van der Waals surface area contributed by atoms with E-state index in [0.29, 0.717) is 28.6 Å². The number of alkyl halides is 1. The molecule has 29 heavy (non-hydrogen) atoms. The molecule has 0 aliphatic heterocycles. The molecule has 0 aromatic heterocycles. The second kappa shape index (κ2) is 7.99. The number of hydrogen-bond acceptors (Lipinski definition) is 1. The van der Waals surface area contributed by atoms with E-state index in [4.69, 9.17) is 11.6 Å². The van der Waals surface area contributed by atoms with E-state index in [1.54, 1.807) is 0 Å². The fraction of sp³-hybridized carbons (Fsp3) is 1.00. The fourth-order valence-electron chi connectivity index (χ4n) is 9.32. The Hall–Kier alpha value is 0.250. The van der Waals surface area contributed by atoms with Gasteiger partial charge in [-0.2, -0.15) is 0 Å². The van der Waals surface area contributed by atoms with E-state index in [2.05, 4.69) is 34.6 Å². The number of rotatable bonds is 5. The van der Waals surface area contributed by atoms with Crippen LogP contribution in [0.25, 0.3) is 0 Å². The Morgan fingerprint density at radius 1 is 0.931 bits per heavy atom. The van der Waals surface area contributed by atoms with Crippen LogP contribution in [0.4, 0.5) is 0 Å². The Labute approximate surface area is 185 Å². The minimum absolute atomic E-state index is 0.0565. The van der Waals surface area contributed by atoms with Crippen molar-refractivity contribution < 1.29 is 5.11 Å². The highest BCUT2D eigenvalue weighted by Crippen LogP contribution is 2.70. The average molecular weight is 423 g/mol. The van der Waals surface area contributed by atoms with Crippen LogP contribution in [0.2, 0.25) is 0 Å². The summed E-state index contributed by atoms with van der Waals surface area (Å²) in [6.07, 6.45) is 15.4. The van der Waals surface area contributed by atoms with Crippen molar-refractivity contribution in [1.82, 2.24) is 0 Å². The van der Waals surface area contributed by atoms with Crippen LogP contribution in [0.3, 0.4) is 0 Å². The summed E-state index contributed by atoms with van der Waals surface area (Å²) in [5.41, 5.74) is 0.665. The molecule has 0 radical (unpaired) electrons. The molecule has 4 aliphatic rings. The lowest BCUT2D eigenvalue weighted by atomic mass is 9.44. The molecule has 1 N–H and O–H groups in total. The van der Waals surface area contributed by atoms with Gasteiger partial charge >= 0.3 is 0 Å². The van der Waals surface area contributed by atoms with Crippen LogP contribution in [0, 0.1) is 46.3 Å². The van der Waals surface area contributed by atoms with Gasteiger partial charge in [0, 0.05) is 0 Å². The normalized spacial score (nSPS) is 50.7. The molecule has 4 saturated carbocycles. The predicted molar refractivity (Wildman–Crippen MR) is 124 cm³/mol. The minimum Gasteiger partial charge on any atom is -0.393 e. The van der Waals surface area contributed by atoms with Gasteiger partial charge in [0.1, 0.15) is 0 Å². The van der Waals surface area contributed by atoms with Gasteiger partial charge in [0.25, 0.3) is 0 Å². The molecule has 0 saturated heterocycles. The highest BCUT2D eigenvalue weighted by Gasteiger charge is 2.65. The van der Waals surface area contributed by atoms with Crippen molar-refractivity contribution in [3.63, 3.8) is 0 Å². The van der Waals surface area contributed by atoms with Crippen LogP contribution in [0.1, 0.15) is 112 Å². The number of aliphatic hydroxyl groups excluding tert-OH is 1. The molecule has 4 aliphatic carbocycles. The first-order valence-electron chi connectivity index (χ1n) is 13.0. The first-order chi connectivity index (χ1) is 13.6. The van der Waals surface area contributed by atoms with E-state index in [1.165, 1.54) is 70.6 Å². The quantitative estimate of drug-likeness (QED) is 0.447. The number of hydrogen-bond donors (Lipinski definition) is 1. The summed E-state index contributed by atoms with van der Waals surface area (Å²) in [4.78, 5) is 0.0565. The van der Waals surface area contributed by atoms with E-state index in [1.807, 2.05) is 0 Å².